The lowest BCUT2D eigenvalue weighted by Gasteiger charge is -2.06. The summed E-state index contributed by atoms with van der Waals surface area (Å²) in [6, 6.07) is 7.17. The SMILES string of the molecule is Cc1csc(/N=C(\N)c2ccccc2C(=N)N)n1. The summed E-state index contributed by atoms with van der Waals surface area (Å²) in [6.45, 7) is 1.90. The number of benzene rings is 1. The van der Waals surface area contributed by atoms with Crippen molar-refractivity contribution < 1.29 is 0 Å². The highest BCUT2D eigenvalue weighted by atomic mass is 32.1. The summed E-state index contributed by atoms with van der Waals surface area (Å²) in [6.07, 6.45) is 0. The highest BCUT2D eigenvalue weighted by Crippen LogP contribution is 2.19. The van der Waals surface area contributed by atoms with E-state index in [-0.39, 0.29) is 5.84 Å². The lowest BCUT2D eigenvalue weighted by atomic mass is 10.1. The highest BCUT2D eigenvalue weighted by Gasteiger charge is 2.08. The summed E-state index contributed by atoms with van der Waals surface area (Å²) in [4.78, 5) is 8.46. The third kappa shape index (κ3) is 2.54. The van der Waals surface area contributed by atoms with Gasteiger partial charge in [0.2, 0.25) is 5.13 Å². The van der Waals surface area contributed by atoms with Gasteiger partial charge in [0.05, 0.1) is 5.69 Å². The van der Waals surface area contributed by atoms with Crippen molar-refractivity contribution in [1.82, 2.24) is 4.98 Å². The van der Waals surface area contributed by atoms with Gasteiger partial charge in [-0.3, -0.25) is 5.41 Å². The number of aromatic nitrogens is 1. The van der Waals surface area contributed by atoms with Crippen molar-refractivity contribution in [3.05, 3.63) is 46.5 Å². The van der Waals surface area contributed by atoms with Crippen LogP contribution in [0.5, 0.6) is 0 Å². The van der Waals surface area contributed by atoms with Crippen molar-refractivity contribution in [2.45, 2.75) is 6.92 Å². The standard InChI is InChI=1S/C12H13N5S/c1-7-6-18-12(16-7)17-11(15)9-5-3-2-4-8(9)10(13)14/h2-6H,1H3,(H3,13,14)(H2,15,16,17). The van der Waals surface area contributed by atoms with Gasteiger partial charge in [0.25, 0.3) is 0 Å². The van der Waals surface area contributed by atoms with Gasteiger partial charge in [-0.05, 0) is 6.92 Å². The van der Waals surface area contributed by atoms with Gasteiger partial charge in [0, 0.05) is 16.5 Å². The molecule has 0 spiro atoms. The number of hydrogen-bond donors (Lipinski definition) is 3. The zero-order chi connectivity index (χ0) is 13.1. The molecule has 0 amide bonds. The molecule has 0 radical (unpaired) electrons. The third-order valence-corrected chi connectivity index (χ3v) is 3.17. The average molecular weight is 259 g/mol. The van der Waals surface area contributed by atoms with E-state index >= 15 is 0 Å². The van der Waals surface area contributed by atoms with Gasteiger partial charge in [-0.2, -0.15) is 0 Å². The molecule has 1 heterocycles. The number of aliphatic imine (C=N–C) groups is 1. The molecule has 0 unspecified atom stereocenters. The summed E-state index contributed by atoms with van der Waals surface area (Å²) < 4.78 is 0. The maximum atomic E-state index is 7.51. The first-order valence-electron chi connectivity index (χ1n) is 5.28. The molecule has 1 aromatic carbocycles. The second-order valence-electron chi connectivity index (χ2n) is 3.73. The van der Waals surface area contributed by atoms with Crippen LogP contribution in [-0.2, 0) is 0 Å². The normalized spacial score (nSPS) is 11.5. The molecule has 0 atom stereocenters. The van der Waals surface area contributed by atoms with Gasteiger partial charge >= 0.3 is 0 Å². The zero-order valence-corrected chi connectivity index (χ0v) is 10.7. The second-order valence-corrected chi connectivity index (χ2v) is 4.56. The topological polar surface area (TPSA) is 101 Å². The van der Waals surface area contributed by atoms with Crippen molar-refractivity contribution in [3.8, 4) is 0 Å². The molecule has 6 heteroatoms. The maximum absolute atomic E-state index is 7.51. The Hall–Kier alpha value is -2.21. The molecule has 1 aromatic heterocycles. The fourth-order valence-corrected chi connectivity index (χ4v) is 2.17. The number of aryl methyl sites for hydroxylation is 1. The Kier molecular flexibility index (Phi) is 3.38. The molecular formula is C12H13N5S. The summed E-state index contributed by atoms with van der Waals surface area (Å²) in [5.74, 6) is 0.286. The Morgan fingerprint density at radius 3 is 2.50 bits per heavy atom. The molecule has 0 saturated carbocycles. The van der Waals surface area contributed by atoms with E-state index in [0.29, 0.717) is 22.1 Å². The first kappa shape index (κ1) is 12.3. The van der Waals surface area contributed by atoms with E-state index in [1.54, 1.807) is 18.2 Å². The quantitative estimate of drug-likeness (QED) is 0.578. The third-order valence-electron chi connectivity index (χ3n) is 2.32. The number of nitrogens with zero attached hydrogens (tertiary/aromatic N) is 2. The van der Waals surface area contributed by atoms with Crippen LogP contribution >= 0.6 is 11.3 Å². The molecule has 0 aliphatic heterocycles. The van der Waals surface area contributed by atoms with Crippen LogP contribution in [0.15, 0.2) is 34.6 Å². The van der Waals surface area contributed by atoms with Gasteiger partial charge in [0.15, 0.2) is 0 Å². The fourth-order valence-electron chi connectivity index (χ4n) is 1.50. The van der Waals surface area contributed by atoms with Gasteiger partial charge in [0.1, 0.15) is 11.7 Å². The van der Waals surface area contributed by atoms with E-state index in [9.17, 15) is 0 Å². The average Bonchev–Trinajstić information content (AvgIpc) is 2.74. The minimum Gasteiger partial charge on any atom is -0.384 e. The van der Waals surface area contributed by atoms with Gasteiger partial charge in [-0.1, -0.05) is 24.3 Å². The molecule has 0 bridgehead atoms. The minimum absolute atomic E-state index is 0.0286. The molecule has 5 nitrogen and oxygen atoms in total. The zero-order valence-electron chi connectivity index (χ0n) is 9.84. The maximum Gasteiger partial charge on any atom is 0.211 e. The van der Waals surface area contributed by atoms with Crippen molar-refractivity contribution >= 4 is 28.1 Å². The van der Waals surface area contributed by atoms with Crippen LogP contribution in [0.4, 0.5) is 5.13 Å². The number of nitrogen functional groups attached to an aromatic ring is 1. The second kappa shape index (κ2) is 4.97. The van der Waals surface area contributed by atoms with E-state index in [1.807, 2.05) is 18.4 Å². The van der Waals surface area contributed by atoms with Crippen LogP contribution in [0.1, 0.15) is 16.8 Å². The molecular weight excluding hydrogens is 246 g/mol. The first-order chi connectivity index (χ1) is 8.58. The largest absolute Gasteiger partial charge is 0.384 e. The molecule has 0 aliphatic rings. The molecule has 2 rings (SSSR count). The molecule has 18 heavy (non-hydrogen) atoms. The van der Waals surface area contributed by atoms with E-state index in [4.69, 9.17) is 16.9 Å². The predicted molar refractivity (Wildman–Crippen MR) is 74.7 cm³/mol. The van der Waals surface area contributed by atoms with Crippen LogP contribution in [0.2, 0.25) is 0 Å². The van der Waals surface area contributed by atoms with Crippen molar-refractivity contribution in [1.29, 1.82) is 5.41 Å². The Morgan fingerprint density at radius 1 is 1.28 bits per heavy atom. The Morgan fingerprint density at radius 2 is 1.94 bits per heavy atom. The number of nitrogens with one attached hydrogen (secondary N) is 1. The van der Waals surface area contributed by atoms with E-state index in [0.717, 1.165) is 5.69 Å². The summed E-state index contributed by atoms with van der Waals surface area (Å²) >= 11 is 1.42. The monoisotopic (exact) mass is 259 g/mol. The predicted octanol–water partition coefficient (Wildman–Crippen LogP) is 1.77. The Labute approximate surface area is 109 Å². The Bertz CT molecular complexity index is 614. The number of thiazole rings is 1. The van der Waals surface area contributed by atoms with Crippen molar-refractivity contribution in [3.63, 3.8) is 0 Å². The smallest absolute Gasteiger partial charge is 0.211 e. The fraction of sp³-hybridized carbons (Fsp3) is 0.0833. The molecule has 2 aromatic rings. The lowest BCUT2D eigenvalue weighted by Crippen LogP contribution is -2.21. The number of amidine groups is 2. The van der Waals surface area contributed by atoms with Gasteiger partial charge in [-0.25, -0.2) is 9.98 Å². The van der Waals surface area contributed by atoms with Crippen molar-refractivity contribution in [2.24, 2.45) is 16.5 Å². The van der Waals surface area contributed by atoms with Crippen LogP contribution in [0, 0.1) is 12.3 Å². The number of hydrogen-bond acceptors (Lipinski definition) is 4. The molecule has 92 valence electrons. The van der Waals surface area contributed by atoms with Crippen LogP contribution < -0.4 is 11.5 Å². The van der Waals surface area contributed by atoms with E-state index in [1.165, 1.54) is 11.3 Å². The highest BCUT2D eigenvalue weighted by molar-refractivity contribution is 7.13. The van der Waals surface area contributed by atoms with E-state index < -0.39 is 0 Å². The van der Waals surface area contributed by atoms with Crippen LogP contribution in [0.25, 0.3) is 0 Å². The van der Waals surface area contributed by atoms with Gasteiger partial charge < -0.3 is 11.5 Å². The number of nitrogens with two attached hydrogens (primary N) is 2. The molecule has 0 aliphatic carbocycles. The number of rotatable bonds is 3. The lowest BCUT2D eigenvalue weighted by molar-refractivity contribution is 1.24. The summed E-state index contributed by atoms with van der Waals surface area (Å²) in [5.41, 5.74) is 13.6. The molecule has 0 fully saturated rings. The minimum atomic E-state index is -0.0286. The molecule has 0 saturated heterocycles. The summed E-state index contributed by atoms with van der Waals surface area (Å²) in [5, 5.41) is 10.0. The van der Waals surface area contributed by atoms with Crippen LogP contribution in [0.3, 0.4) is 0 Å². The summed E-state index contributed by atoms with van der Waals surface area (Å²) in [7, 11) is 0. The van der Waals surface area contributed by atoms with Gasteiger partial charge in [-0.15, -0.1) is 11.3 Å². The first-order valence-corrected chi connectivity index (χ1v) is 6.16. The van der Waals surface area contributed by atoms with E-state index in [2.05, 4.69) is 9.98 Å². The van der Waals surface area contributed by atoms with Crippen LogP contribution in [-0.4, -0.2) is 16.7 Å². The van der Waals surface area contributed by atoms with Crippen molar-refractivity contribution in [2.75, 3.05) is 0 Å². The Balaban J connectivity index is 2.42. The molecule has 5 N–H and O–H groups in total.